The summed E-state index contributed by atoms with van der Waals surface area (Å²) in [7, 11) is 0. The van der Waals surface area contributed by atoms with Crippen LogP contribution in [0.3, 0.4) is 0 Å². The Labute approximate surface area is 99.0 Å². The summed E-state index contributed by atoms with van der Waals surface area (Å²) in [6.07, 6.45) is 2.45. The first kappa shape index (κ1) is 11.1. The lowest BCUT2D eigenvalue weighted by Crippen LogP contribution is -1.97. The number of halogens is 1. The molecular formula is C12H11FN2S. The van der Waals surface area contributed by atoms with Gasteiger partial charge in [0.2, 0.25) is 0 Å². The number of thiol groups is 1. The molecule has 4 heteroatoms. The van der Waals surface area contributed by atoms with Gasteiger partial charge in [-0.05, 0) is 36.1 Å². The third-order valence-corrected chi connectivity index (χ3v) is 2.40. The number of benzene rings is 1. The minimum atomic E-state index is -0.242. The molecule has 1 aromatic carbocycles. The van der Waals surface area contributed by atoms with Crippen molar-refractivity contribution >= 4 is 12.6 Å². The van der Waals surface area contributed by atoms with E-state index in [4.69, 9.17) is 0 Å². The molecule has 0 atom stereocenters. The van der Waals surface area contributed by atoms with Crippen LogP contribution in [-0.4, -0.2) is 15.7 Å². The van der Waals surface area contributed by atoms with Crippen molar-refractivity contribution < 1.29 is 4.39 Å². The molecule has 0 fully saturated rings. The highest BCUT2D eigenvalue weighted by molar-refractivity contribution is 7.80. The highest BCUT2D eigenvalue weighted by Crippen LogP contribution is 2.16. The molecule has 0 spiro atoms. The Morgan fingerprint density at radius 1 is 1.12 bits per heavy atom. The molecule has 0 saturated heterocycles. The van der Waals surface area contributed by atoms with Crippen LogP contribution < -0.4 is 0 Å². The second-order valence-electron chi connectivity index (χ2n) is 3.34. The maximum atomic E-state index is 12.8. The van der Waals surface area contributed by atoms with Crippen molar-refractivity contribution in [2.45, 2.75) is 6.42 Å². The highest BCUT2D eigenvalue weighted by Gasteiger charge is 2.01. The Morgan fingerprint density at radius 2 is 1.88 bits per heavy atom. The minimum Gasteiger partial charge on any atom is -0.241 e. The SMILES string of the molecule is Fc1ccc(-c2ccnc(CCS)n2)cc1. The number of nitrogens with zero attached hydrogens (tertiary/aromatic N) is 2. The number of aromatic nitrogens is 2. The Balaban J connectivity index is 2.32. The lowest BCUT2D eigenvalue weighted by Gasteiger charge is -2.02. The van der Waals surface area contributed by atoms with E-state index in [1.807, 2.05) is 6.07 Å². The van der Waals surface area contributed by atoms with Crippen LogP contribution in [0.15, 0.2) is 36.5 Å². The summed E-state index contributed by atoms with van der Waals surface area (Å²) in [5.74, 6) is 1.23. The summed E-state index contributed by atoms with van der Waals surface area (Å²) in [6.45, 7) is 0. The Bertz CT molecular complexity index is 471. The molecule has 0 amide bonds. The first-order chi connectivity index (χ1) is 7.79. The molecule has 2 rings (SSSR count). The monoisotopic (exact) mass is 234 g/mol. The molecule has 0 saturated carbocycles. The standard InChI is InChI=1S/C12H11FN2S/c13-10-3-1-9(2-4-10)11-5-7-14-12(15-11)6-8-16/h1-5,7,16H,6,8H2. The highest BCUT2D eigenvalue weighted by atomic mass is 32.1. The maximum absolute atomic E-state index is 12.8. The van der Waals surface area contributed by atoms with E-state index in [1.165, 1.54) is 12.1 Å². The first-order valence-electron chi connectivity index (χ1n) is 4.98. The first-order valence-corrected chi connectivity index (χ1v) is 5.61. The summed E-state index contributed by atoms with van der Waals surface area (Å²) in [5.41, 5.74) is 1.70. The molecule has 2 aromatic rings. The molecule has 0 unspecified atom stereocenters. The molecule has 82 valence electrons. The summed E-state index contributed by atoms with van der Waals surface area (Å²) >= 11 is 4.14. The van der Waals surface area contributed by atoms with Crippen molar-refractivity contribution in [3.8, 4) is 11.3 Å². The largest absolute Gasteiger partial charge is 0.241 e. The number of hydrogen-bond donors (Lipinski definition) is 1. The predicted octanol–water partition coefficient (Wildman–Crippen LogP) is 2.76. The molecule has 16 heavy (non-hydrogen) atoms. The van der Waals surface area contributed by atoms with Crippen molar-refractivity contribution in [1.29, 1.82) is 0 Å². The molecule has 0 aliphatic rings. The molecule has 0 aliphatic heterocycles. The Morgan fingerprint density at radius 3 is 2.56 bits per heavy atom. The van der Waals surface area contributed by atoms with Crippen molar-refractivity contribution in [3.05, 3.63) is 48.2 Å². The van der Waals surface area contributed by atoms with Crippen molar-refractivity contribution in [3.63, 3.8) is 0 Å². The summed E-state index contributed by atoms with van der Waals surface area (Å²) in [6, 6.07) is 8.09. The smallest absolute Gasteiger partial charge is 0.129 e. The Hall–Kier alpha value is -1.42. The number of hydrogen-bond acceptors (Lipinski definition) is 3. The van der Waals surface area contributed by atoms with Crippen molar-refractivity contribution in [2.24, 2.45) is 0 Å². The van der Waals surface area contributed by atoms with E-state index in [2.05, 4.69) is 22.6 Å². The number of aryl methyl sites for hydroxylation is 1. The number of rotatable bonds is 3. The zero-order valence-electron chi connectivity index (χ0n) is 8.60. The van der Waals surface area contributed by atoms with Gasteiger partial charge in [-0.2, -0.15) is 12.6 Å². The van der Waals surface area contributed by atoms with Gasteiger partial charge in [-0.15, -0.1) is 0 Å². The van der Waals surface area contributed by atoms with Gasteiger partial charge in [-0.3, -0.25) is 0 Å². The van der Waals surface area contributed by atoms with E-state index in [9.17, 15) is 4.39 Å². The molecule has 0 bridgehead atoms. The summed E-state index contributed by atoms with van der Waals surface area (Å²) in [4.78, 5) is 8.52. The second-order valence-corrected chi connectivity index (χ2v) is 3.79. The van der Waals surface area contributed by atoms with Gasteiger partial charge < -0.3 is 0 Å². The fraction of sp³-hybridized carbons (Fsp3) is 0.167. The minimum absolute atomic E-state index is 0.242. The van der Waals surface area contributed by atoms with Crippen molar-refractivity contribution in [2.75, 3.05) is 5.75 Å². The van der Waals surface area contributed by atoms with Crippen LogP contribution in [0, 0.1) is 5.82 Å². The van der Waals surface area contributed by atoms with Gasteiger partial charge in [0.25, 0.3) is 0 Å². The average Bonchev–Trinajstić information content (AvgIpc) is 2.31. The normalized spacial score (nSPS) is 10.4. The molecule has 1 heterocycles. The zero-order valence-corrected chi connectivity index (χ0v) is 9.49. The lowest BCUT2D eigenvalue weighted by molar-refractivity contribution is 0.628. The van der Waals surface area contributed by atoms with Crippen LogP contribution in [-0.2, 0) is 6.42 Å². The van der Waals surface area contributed by atoms with Crippen LogP contribution in [0.2, 0.25) is 0 Å². The predicted molar refractivity (Wildman–Crippen MR) is 65.0 cm³/mol. The van der Waals surface area contributed by atoms with Gasteiger partial charge in [0.15, 0.2) is 0 Å². The maximum Gasteiger partial charge on any atom is 0.129 e. The van der Waals surface area contributed by atoms with E-state index in [1.54, 1.807) is 18.3 Å². The fourth-order valence-corrected chi connectivity index (χ4v) is 1.60. The fourth-order valence-electron chi connectivity index (χ4n) is 1.40. The van der Waals surface area contributed by atoms with E-state index in [0.29, 0.717) is 5.75 Å². The van der Waals surface area contributed by atoms with Crippen molar-refractivity contribution in [1.82, 2.24) is 9.97 Å². The lowest BCUT2D eigenvalue weighted by atomic mass is 10.1. The molecule has 0 N–H and O–H groups in total. The molecule has 0 aliphatic carbocycles. The van der Waals surface area contributed by atoms with Gasteiger partial charge in [0.1, 0.15) is 11.6 Å². The van der Waals surface area contributed by atoms with Gasteiger partial charge in [0, 0.05) is 18.2 Å². The van der Waals surface area contributed by atoms with Crippen LogP contribution in [0.4, 0.5) is 4.39 Å². The zero-order chi connectivity index (χ0) is 11.4. The van der Waals surface area contributed by atoms with Gasteiger partial charge in [-0.1, -0.05) is 0 Å². The third-order valence-electron chi connectivity index (χ3n) is 2.18. The quantitative estimate of drug-likeness (QED) is 0.826. The third kappa shape index (κ3) is 2.58. The molecule has 0 radical (unpaired) electrons. The van der Waals surface area contributed by atoms with Crippen LogP contribution in [0.1, 0.15) is 5.82 Å². The van der Waals surface area contributed by atoms with E-state index < -0.39 is 0 Å². The van der Waals surface area contributed by atoms with Gasteiger partial charge in [0.05, 0.1) is 5.69 Å². The van der Waals surface area contributed by atoms with Gasteiger partial charge in [-0.25, -0.2) is 14.4 Å². The summed E-state index contributed by atoms with van der Waals surface area (Å²) in [5, 5.41) is 0. The van der Waals surface area contributed by atoms with Gasteiger partial charge >= 0.3 is 0 Å². The van der Waals surface area contributed by atoms with Crippen LogP contribution >= 0.6 is 12.6 Å². The summed E-state index contributed by atoms with van der Waals surface area (Å²) < 4.78 is 12.8. The second kappa shape index (κ2) is 5.07. The molecule has 2 nitrogen and oxygen atoms in total. The Kier molecular flexibility index (Phi) is 3.51. The molecule has 1 aromatic heterocycles. The van der Waals surface area contributed by atoms with Crippen LogP contribution in [0.5, 0.6) is 0 Å². The topological polar surface area (TPSA) is 25.8 Å². The van der Waals surface area contributed by atoms with E-state index in [-0.39, 0.29) is 5.82 Å². The molecular weight excluding hydrogens is 223 g/mol. The average molecular weight is 234 g/mol. The van der Waals surface area contributed by atoms with Crippen LogP contribution in [0.25, 0.3) is 11.3 Å². The van der Waals surface area contributed by atoms with E-state index >= 15 is 0 Å². The van der Waals surface area contributed by atoms with E-state index in [0.717, 1.165) is 23.5 Å².